The fourth-order valence-corrected chi connectivity index (χ4v) is 4.09. The third-order valence-corrected chi connectivity index (χ3v) is 5.60. The number of hydrogen-bond donors (Lipinski definition) is 1. The zero-order chi connectivity index (χ0) is 23.4. The smallest absolute Gasteiger partial charge is 0.282 e. The molecule has 4 rings (SSSR count). The Morgan fingerprint density at radius 1 is 1.00 bits per heavy atom. The van der Waals surface area contributed by atoms with Gasteiger partial charge in [0.2, 0.25) is 0 Å². The molecule has 1 heterocycles. The molecule has 33 heavy (non-hydrogen) atoms. The molecule has 0 spiro atoms. The highest BCUT2D eigenvalue weighted by Gasteiger charge is 2.34. The summed E-state index contributed by atoms with van der Waals surface area (Å²) in [6.45, 7) is 4.74. The van der Waals surface area contributed by atoms with E-state index < -0.39 is 11.8 Å². The highest BCUT2D eigenvalue weighted by Crippen LogP contribution is 2.38. The van der Waals surface area contributed by atoms with Crippen LogP contribution >= 0.6 is 15.9 Å². The maximum Gasteiger partial charge on any atom is 0.282 e. The van der Waals surface area contributed by atoms with Crippen LogP contribution in [-0.4, -0.2) is 18.4 Å². The Balaban J connectivity index is 1.61. The minimum absolute atomic E-state index is 0.0432. The van der Waals surface area contributed by atoms with Gasteiger partial charge in [-0.1, -0.05) is 48.0 Å². The van der Waals surface area contributed by atoms with Crippen molar-refractivity contribution in [2.75, 3.05) is 11.6 Å². The molecule has 1 aliphatic heterocycles. The highest BCUT2D eigenvalue weighted by molar-refractivity contribution is 9.10. The Kier molecular flexibility index (Phi) is 6.79. The van der Waals surface area contributed by atoms with Crippen molar-refractivity contribution in [3.63, 3.8) is 0 Å². The van der Waals surface area contributed by atoms with Crippen LogP contribution in [0.1, 0.15) is 23.6 Å². The predicted octanol–water partition coefficient (Wildman–Crippen LogP) is 5.20. The van der Waals surface area contributed by atoms with Crippen molar-refractivity contribution in [1.82, 2.24) is 5.43 Å². The number of aryl methyl sites for hydroxylation is 1. The number of hydrazine groups is 1. The number of nitrogens with one attached hydrogen (secondary N) is 1. The molecule has 0 atom stereocenters. The second-order valence-electron chi connectivity index (χ2n) is 7.52. The summed E-state index contributed by atoms with van der Waals surface area (Å²) in [5, 5.41) is 1.24. The van der Waals surface area contributed by atoms with E-state index in [2.05, 4.69) is 27.4 Å². The molecule has 0 aliphatic carbocycles. The summed E-state index contributed by atoms with van der Waals surface area (Å²) in [5.41, 5.74) is 6.09. The van der Waals surface area contributed by atoms with Crippen LogP contribution in [0.4, 0.5) is 5.69 Å². The van der Waals surface area contributed by atoms with Crippen molar-refractivity contribution in [3.05, 3.63) is 93.5 Å². The van der Waals surface area contributed by atoms with Gasteiger partial charge in [0.15, 0.2) is 11.5 Å². The zero-order valence-corrected chi connectivity index (χ0v) is 19.9. The molecule has 7 heteroatoms. The molecule has 1 N–H and O–H groups in total. The fraction of sp³-hybridized carbons (Fsp3) is 0.154. The van der Waals surface area contributed by atoms with Crippen LogP contribution in [0, 0.1) is 6.92 Å². The summed E-state index contributed by atoms with van der Waals surface area (Å²) in [6, 6.07) is 20.6. The molecule has 1 saturated heterocycles. The summed E-state index contributed by atoms with van der Waals surface area (Å²) in [6.07, 6.45) is 1.55. The molecule has 168 valence electrons. The van der Waals surface area contributed by atoms with Gasteiger partial charge < -0.3 is 9.47 Å². The van der Waals surface area contributed by atoms with E-state index in [1.807, 2.05) is 38.1 Å². The van der Waals surface area contributed by atoms with Crippen LogP contribution in [-0.2, 0) is 16.2 Å². The third-order valence-electron chi connectivity index (χ3n) is 5.01. The summed E-state index contributed by atoms with van der Waals surface area (Å²) >= 11 is 3.55. The van der Waals surface area contributed by atoms with E-state index in [1.54, 1.807) is 42.5 Å². The van der Waals surface area contributed by atoms with Gasteiger partial charge in [-0.15, -0.1) is 0 Å². The lowest BCUT2D eigenvalue weighted by molar-refractivity contribution is -0.117. The van der Waals surface area contributed by atoms with Crippen LogP contribution in [0.2, 0.25) is 0 Å². The van der Waals surface area contributed by atoms with Gasteiger partial charge in [-0.2, -0.15) is 0 Å². The van der Waals surface area contributed by atoms with E-state index in [0.717, 1.165) is 11.1 Å². The van der Waals surface area contributed by atoms with Crippen LogP contribution in [0.25, 0.3) is 6.08 Å². The maximum atomic E-state index is 12.9. The van der Waals surface area contributed by atoms with E-state index in [1.165, 1.54) is 5.01 Å². The first-order valence-electron chi connectivity index (χ1n) is 10.5. The van der Waals surface area contributed by atoms with Crippen molar-refractivity contribution < 1.29 is 19.1 Å². The van der Waals surface area contributed by atoms with Crippen molar-refractivity contribution in [2.45, 2.75) is 20.5 Å². The summed E-state index contributed by atoms with van der Waals surface area (Å²) in [4.78, 5) is 25.4. The average molecular weight is 507 g/mol. The Morgan fingerprint density at radius 3 is 2.52 bits per heavy atom. The first-order valence-corrected chi connectivity index (χ1v) is 11.3. The van der Waals surface area contributed by atoms with Crippen LogP contribution < -0.4 is 19.9 Å². The SMILES string of the molecule is CCOc1cc(/C=C2/C(=O)NN(c3ccccc3)C2=O)cc(Br)c1OCc1cccc(C)c1. The fourth-order valence-electron chi connectivity index (χ4n) is 3.51. The van der Waals surface area contributed by atoms with Gasteiger partial charge in [-0.05, 0) is 71.2 Å². The van der Waals surface area contributed by atoms with E-state index >= 15 is 0 Å². The second-order valence-corrected chi connectivity index (χ2v) is 8.37. The zero-order valence-electron chi connectivity index (χ0n) is 18.3. The number of para-hydroxylation sites is 1. The molecule has 0 saturated carbocycles. The van der Waals surface area contributed by atoms with Gasteiger partial charge in [0.05, 0.1) is 16.8 Å². The lowest BCUT2D eigenvalue weighted by Crippen LogP contribution is -2.35. The highest BCUT2D eigenvalue weighted by atomic mass is 79.9. The van der Waals surface area contributed by atoms with Crippen molar-refractivity contribution in [3.8, 4) is 11.5 Å². The largest absolute Gasteiger partial charge is 0.490 e. The molecule has 3 aromatic carbocycles. The van der Waals surface area contributed by atoms with Crippen molar-refractivity contribution in [1.29, 1.82) is 0 Å². The molecule has 0 bridgehead atoms. The minimum atomic E-state index is -0.460. The number of carbonyl (C=O) groups is 2. The number of hydrogen-bond acceptors (Lipinski definition) is 4. The first kappa shape index (κ1) is 22.6. The molecule has 2 amide bonds. The van der Waals surface area contributed by atoms with E-state index in [4.69, 9.17) is 9.47 Å². The maximum absolute atomic E-state index is 12.9. The molecule has 1 aliphatic rings. The number of anilines is 1. The summed E-state index contributed by atoms with van der Waals surface area (Å²) in [7, 11) is 0. The molecule has 0 radical (unpaired) electrons. The number of halogens is 1. The summed E-state index contributed by atoms with van der Waals surface area (Å²) in [5.74, 6) is 0.212. The number of carbonyl (C=O) groups excluding carboxylic acids is 2. The topological polar surface area (TPSA) is 67.9 Å². The molecule has 0 aromatic heterocycles. The van der Waals surface area contributed by atoms with Crippen LogP contribution in [0.3, 0.4) is 0 Å². The minimum Gasteiger partial charge on any atom is -0.490 e. The molecule has 6 nitrogen and oxygen atoms in total. The molecular formula is C26H23BrN2O4. The monoisotopic (exact) mass is 506 g/mol. The van der Waals surface area contributed by atoms with Crippen LogP contribution in [0.5, 0.6) is 11.5 Å². The van der Waals surface area contributed by atoms with Crippen molar-refractivity contribution >= 4 is 39.5 Å². The number of ether oxygens (including phenoxy) is 2. The second kappa shape index (κ2) is 9.92. The quantitative estimate of drug-likeness (QED) is 0.353. The van der Waals surface area contributed by atoms with Gasteiger partial charge in [0.1, 0.15) is 12.2 Å². The Morgan fingerprint density at radius 2 is 1.79 bits per heavy atom. The molecular weight excluding hydrogens is 484 g/mol. The number of amides is 2. The predicted molar refractivity (Wildman–Crippen MR) is 131 cm³/mol. The van der Waals surface area contributed by atoms with Gasteiger partial charge in [0.25, 0.3) is 11.8 Å². The molecule has 1 fully saturated rings. The van der Waals surface area contributed by atoms with E-state index in [-0.39, 0.29) is 5.57 Å². The Labute approximate surface area is 200 Å². The Bertz CT molecular complexity index is 1220. The van der Waals surface area contributed by atoms with Crippen LogP contribution in [0.15, 0.2) is 76.8 Å². The number of rotatable bonds is 7. The molecule has 0 unspecified atom stereocenters. The van der Waals surface area contributed by atoms with E-state index in [0.29, 0.717) is 40.4 Å². The number of nitrogens with zero attached hydrogens (tertiary/aromatic N) is 1. The standard InChI is InChI=1S/C26H23BrN2O4/c1-3-32-23-15-19(14-22(27)24(23)33-16-18-9-7-8-17(2)12-18)13-21-25(30)28-29(26(21)31)20-10-5-4-6-11-20/h4-15H,3,16H2,1-2H3,(H,28,30)/b21-13-. The van der Waals surface area contributed by atoms with Gasteiger partial charge in [-0.3, -0.25) is 15.0 Å². The average Bonchev–Trinajstić information content (AvgIpc) is 3.08. The van der Waals surface area contributed by atoms with Crippen molar-refractivity contribution in [2.24, 2.45) is 0 Å². The van der Waals surface area contributed by atoms with E-state index in [9.17, 15) is 9.59 Å². The van der Waals surface area contributed by atoms with Gasteiger partial charge in [0, 0.05) is 0 Å². The van der Waals surface area contributed by atoms with Gasteiger partial charge >= 0.3 is 0 Å². The summed E-state index contributed by atoms with van der Waals surface area (Å²) < 4.78 is 12.5. The lowest BCUT2D eigenvalue weighted by atomic mass is 10.1. The number of benzene rings is 3. The Hall–Kier alpha value is -3.58. The third kappa shape index (κ3) is 5.09. The lowest BCUT2D eigenvalue weighted by Gasteiger charge is -2.15. The van der Waals surface area contributed by atoms with Gasteiger partial charge in [-0.25, -0.2) is 5.01 Å². The normalized spacial score (nSPS) is 14.5. The first-order chi connectivity index (χ1) is 16.0. The molecule has 3 aromatic rings.